The van der Waals surface area contributed by atoms with Gasteiger partial charge in [-0.05, 0) is 17.2 Å². The summed E-state index contributed by atoms with van der Waals surface area (Å²) in [7, 11) is 0. The molecule has 0 aliphatic heterocycles. The Kier molecular flexibility index (Phi) is 4.13. The molecule has 0 heterocycles. The van der Waals surface area contributed by atoms with Crippen LogP contribution >= 0.6 is 39.1 Å². The second-order valence-corrected chi connectivity index (χ2v) is 3.88. The fraction of sp³-hybridized carbons (Fsp3) is 0.111. The normalized spacial score (nSPS) is 9.58. The lowest BCUT2D eigenvalue weighted by Gasteiger charge is -1.95. The molecule has 12 heavy (non-hydrogen) atoms. The van der Waals surface area contributed by atoms with Gasteiger partial charge in [0, 0.05) is 5.33 Å². The smallest absolute Gasteiger partial charge is 0.0876 e. The van der Waals surface area contributed by atoms with Crippen LogP contribution < -0.4 is 0 Å². The number of halogens is 3. The van der Waals surface area contributed by atoms with Crippen molar-refractivity contribution in [3.8, 4) is 0 Å². The van der Waals surface area contributed by atoms with Crippen molar-refractivity contribution in [3.05, 3.63) is 39.9 Å². The second-order valence-electron chi connectivity index (χ2n) is 2.31. The number of hydrogen-bond donors (Lipinski definition) is 0. The highest BCUT2D eigenvalue weighted by Crippen LogP contribution is 2.15. The summed E-state index contributed by atoms with van der Waals surface area (Å²) in [5.41, 5.74) is 2.25. The zero-order valence-corrected chi connectivity index (χ0v) is 9.33. The van der Waals surface area contributed by atoms with E-state index in [0.29, 0.717) is 0 Å². The third kappa shape index (κ3) is 3.18. The summed E-state index contributed by atoms with van der Waals surface area (Å²) >= 11 is 14.4. The van der Waals surface area contributed by atoms with Crippen molar-refractivity contribution >= 4 is 45.2 Å². The molecular weight excluding hydrogens is 259 g/mol. The molecule has 0 saturated carbocycles. The van der Waals surface area contributed by atoms with Crippen LogP contribution in [0.5, 0.6) is 0 Å². The largest absolute Gasteiger partial charge is 0.107 e. The molecule has 0 aromatic heterocycles. The Hall–Kier alpha value is 0.0200. The Morgan fingerprint density at radius 3 is 2.25 bits per heavy atom. The number of benzene rings is 1. The molecule has 0 aliphatic carbocycles. The van der Waals surface area contributed by atoms with E-state index in [-0.39, 0.29) is 4.49 Å². The Labute approximate surface area is 90.3 Å². The van der Waals surface area contributed by atoms with Gasteiger partial charge in [-0.25, -0.2) is 0 Å². The Balaban J connectivity index is 2.85. The van der Waals surface area contributed by atoms with Crippen LogP contribution in [0, 0.1) is 0 Å². The van der Waals surface area contributed by atoms with Crippen LogP contribution in [0.3, 0.4) is 0 Å². The predicted octanol–water partition coefficient (Wildman–Crippen LogP) is 4.36. The fourth-order valence-electron chi connectivity index (χ4n) is 0.829. The number of rotatable bonds is 2. The maximum Gasteiger partial charge on any atom is 0.107 e. The van der Waals surface area contributed by atoms with Crippen molar-refractivity contribution in [1.29, 1.82) is 0 Å². The maximum atomic E-state index is 5.50. The summed E-state index contributed by atoms with van der Waals surface area (Å²) in [6, 6.07) is 8.00. The van der Waals surface area contributed by atoms with Gasteiger partial charge in [-0.3, -0.25) is 0 Å². The molecule has 0 bridgehead atoms. The lowest BCUT2D eigenvalue weighted by molar-refractivity contribution is 1.43. The molecule has 64 valence electrons. The Morgan fingerprint density at radius 1 is 1.25 bits per heavy atom. The van der Waals surface area contributed by atoms with Crippen molar-refractivity contribution in [2.45, 2.75) is 5.33 Å². The average molecular weight is 266 g/mol. The molecule has 0 spiro atoms. The van der Waals surface area contributed by atoms with Gasteiger partial charge in [0.1, 0.15) is 4.49 Å². The van der Waals surface area contributed by atoms with Gasteiger partial charge in [-0.2, -0.15) is 0 Å². The van der Waals surface area contributed by atoms with E-state index >= 15 is 0 Å². The van der Waals surface area contributed by atoms with Gasteiger partial charge in [0.05, 0.1) is 0 Å². The van der Waals surface area contributed by atoms with Gasteiger partial charge in [0.2, 0.25) is 0 Å². The standard InChI is InChI=1S/C9H7BrCl2/c10-6-8-3-1-7(2-4-8)5-9(11)12/h1-5H,6H2. The van der Waals surface area contributed by atoms with Crippen molar-refractivity contribution < 1.29 is 0 Å². The molecule has 1 aromatic carbocycles. The lowest BCUT2D eigenvalue weighted by atomic mass is 10.1. The summed E-state index contributed by atoms with van der Waals surface area (Å²) in [6.45, 7) is 0. The minimum absolute atomic E-state index is 0.279. The highest BCUT2D eigenvalue weighted by molar-refractivity contribution is 9.08. The summed E-state index contributed by atoms with van der Waals surface area (Å²) in [4.78, 5) is 0. The van der Waals surface area contributed by atoms with Crippen molar-refractivity contribution in [2.24, 2.45) is 0 Å². The first kappa shape index (κ1) is 10.1. The molecule has 0 saturated heterocycles. The Bertz CT molecular complexity index is 273. The zero-order chi connectivity index (χ0) is 8.97. The van der Waals surface area contributed by atoms with Crippen molar-refractivity contribution in [3.63, 3.8) is 0 Å². The maximum absolute atomic E-state index is 5.50. The summed E-state index contributed by atoms with van der Waals surface area (Å²) in [5.74, 6) is 0. The predicted molar refractivity (Wildman–Crippen MR) is 58.8 cm³/mol. The van der Waals surface area contributed by atoms with E-state index < -0.39 is 0 Å². The van der Waals surface area contributed by atoms with Crippen LogP contribution in [-0.4, -0.2) is 0 Å². The van der Waals surface area contributed by atoms with E-state index in [4.69, 9.17) is 23.2 Å². The molecule has 3 heteroatoms. The molecule has 0 nitrogen and oxygen atoms in total. The Morgan fingerprint density at radius 2 is 1.83 bits per heavy atom. The average Bonchev–Trinajstić information content (AvgIpc) is 2.05. The number of alkyl halides is 1. The van der Waals surface area contributed by atoms with Crippen molar-refractivity contribution in [1.82, 2.24) is 0 Å². The minimum atomic E-state index is 0.279. The lowest BCUT2D eigenvalue weighted by Crippen LogP contribution is -1.76. The quantitative estimate of drug-likeness (QED) is 0.697. The fourth-order valence-corrected chi connectivity index (χ4v) is 1.45. The molecule has 0 atom stereocenters. The van der Waals surface area contributed by atoms with E-state index in [0.717, 1.165) is 10.9 Å². The van der Waals surface area contributed by atoms with Crippen LogP contribution in [0.25, 0.3) is 6.08 Å². The summed E-state index contributed by atoms with van der Waals surface area (Å²) < 4.78 is 0.279. The van der Waals surface area contributed by atoms with E-state index in [2.05, 4.69) is 15.9 Å². The van der Waals surface area contributed by atoms with Crippen LogP contribution in [0.15, 0.2) is 28.8 Å². The van der Waals surface area contributed by atoms with Gasteiger partial charge in [-0.1, -0.05) is 63.4 Å². The summed E-state index contributed by atoms with van der Waals surface area (Å²) in [6.07, 6.45) is 1.71. The molecule has 1 aromatic rings. The zero-order valence-electron chi connectivity index (χ0n) is 6.23. The molecular formula is C9H7BrCl2. The van der Waals surface area contributed by atoms with Crippen LogP contribution in [-0.2, 0) is 5.33 Å². The van der Waals surface area contributed by atoms with Crippen LogP contribution in [0.4, 0.5) is 0 Å². The number of hydrogen-bond acceptors (Lipinski definition) is 0. The van der Waals surface area contributed by atoms with Gasteiger partial charge in [-0.15, -0.1) is 0 Å². The van der Waals surface area contributed by atoms with E-state index in [9.17, 15) is 0 Å². The molecule has 0 N–H and O–H groups in total. The first-order chi connectivity index (χ1) is 5.72. The van der Waals surface area contributed by atoms with Crippen LogP contribution in [0.1, 0.15) is 11.1 Å². The molecule has 0 unspecified atom stereocenters. The van der Waals surface area contributed by atoms with E-state index in [1.807, 2.05) is 24.3 Å². The van der Waals surface area contributed by atoms with Crippen molar-refractivity contribution in [2.75, 3.05) is 0 Å². The summed E-state index contributed by atoms with van der Waals surface area (Å²) in [5, 5.41) is 0.867. The van der Waals surface area contributed by atoms with E-state index in [1.54, 1.807) is 6.08 Å². The third-order valence-electron chi connectivity index (χ3n) is 1.41. The third-order valence-corrected chi connectivity index (χ3v) is 2.28. The van der Waals surface area contributed by atoms with Gasteiger partial charge < -0.3 is 0 Å². The highest BCUT2D eigenvalue weighted by Gasteiger charge is 1.91. The molecule has 0 radical (unpaired) electrons. The minimum Gasteiger partial charge on any atom is -0.0876 e. The SMILES string of the molecule is ClC(Cl)=Cc1ccc(CBr)cc1. The van der Waals surface area contributed by atoms with Gasteiger partial charge >= 0.3 is 0 Å². The van der Waals surface area contributed by atoms with Gasteiger partial charge in [0.15, 0.2) is 0 Å². The molecule has 0 aliphatic rings. The van der Waals surface area contributed by atoms with Crippen LogP contribution in [0.2, 0.25) is 0 Å². The highest BCUT2D eigenvalue weighted by atomic mass is 79.9. The molecule has 0 fully saturated rings. The van der Waals surface area contributed by atoms with E-state index in [1.165, 1.54) is 5.56 Å². The molecule has 1 rings (SSSR count). The molecule has 0 amide bonds. The first-order valence-electron chi connectivity index (χ1n) is 3.40. The second kappa shape index (κ2) is 4.90. The monoisotopic (exact) mass is 264 g/mol. The first-order valence-corrected chi connectivity index (χ1v) is 5.27. The van der Waals surface area contributed by atoms with Gasteiger partial charge in [0.25, 0.3) is 0 Å². The topological polar surface area (TPSA) is 0 Å².